The zero-order chi connectivity index (χ0) is 11.4. The van der Waals surface area contributed by atoms with Crippen LogP contribution in [0.4, 0.5) is 0 Å². The normalized spacial score (nSPS) is 9.69. The van der Waals surface area contributed by atoms with Crippen molar-refractivity contribution in [2.75, 3.05) is 0 Å². The minimum absolute atomic E-state index is 0.610. The molecule has 76 valence electrons. The summed E-state index contributed by atoms with van der Waals surface area (Å²) < 4.78 is 5.49. The number of benzene rings is 1. The first-order valence-corrected chi connectivity index (χ1v) is 4.78. The molecule has 0 aliphatic heterocycles. The summed E-state index contributed by atoms with van der Waals surface area (Å²) in [4.78, 5) is 4.24. The number of nitrogens with zero attached hydrogens (tertiary/aromatic N) is 1. The third-order valence-corrected chi connectivity index (χ3v) is 2.14. The van der Waals surface area contributed by atoms with Crippen molar-refractivity contribution in [1.82, 2.24) is 4.98 Å². The van der Waals surface area contributed by atoms with Crippen LogP contribution in [0.1, 0.15) is 0 Å². The molecule has 1 aromatic heterocycles. The van der Waals surface area contributed by atoms with Crippen molar-refractivity contribution in [3.05, 3.63) is 36.5 Å². The van der Waals surface area contributed by atoms with Gasteiger partial charge in [0.05, 0.1) is 0 Å². The summed E-state index contributed by atoms with van der Waals surface area (Å²) in [7, 11) is 0. The van der Waals surface area contributed by atoms with E-state index in [9.17, 15) is 0 Å². The van der Waals surface area contributed by atoms with E-state index in [0.29, 0.717) is 5.75 Å². The van der Waals surface area contributed by atoms with E-state index in [4.69, 9.17) is 17.6 Å². The highest BCUT2D eigenvalue weighted by molar-refractivity contribution is 5.84. The molecule has 1 aromatic carbocycles. The predicted molar refractivity (Wildman–Crippen MR) is 63.8 cm³/mol. The molecule has 16 heavy (non-hydrogen) atoms. The molecule has 0 spiro atoms. The van der Waals surface area contributed by atoms with Crippen LogP contribution in [-0.2, 0) is 0 Å². The van der Waals surface area contributed by atoms with Crippen molar-refractivity contribution in [3.63, 3.8) is 0 Å². The van der Waals surface area contributed by atoms with E-state index in [-0.39, 0.29) is 0 Å². The van der Waals surface area contributed by atoms with Gasteiger partial charge in [0.1, 0.15) is 11.3 Å². The standard InChI is InChI=1S/C14H9NO/c1-3-12(4-2)16-13-9-5-7-11-8-6-10-15-14(11)13/h1-2,5-10,12H. The average Bonchev–Trinajstić information content (AvgIpc) is 2.36. The maximum atomic E-state index is 5.49. The third kappa shape index (κ3) is 1.82. The number of hydrogen-bond donors (Lipinski definition) is 0. The first kappa shape index (κ1) is 10.1. The van der Waals surface area contributed by atoms with E-state index < -0.39 is 6.10 Å². The van der Waals surface area contributed by atoms with Crippen LogP contribution in [0, 0.1) is 24.7 Å². The van der Waals surface area contributed by atoms with Gasteiger partial charge in [-0.1, -0.05) is 18.2 Å². The molecule has 1 heterocycles. The van der Waals surface area contributed by atoms with Crippen molar-refractivity contribution in [2.24, 2.45) is 0 Å². The van der Waals surface area contributed by atoms with Gasteiger partial charge >= 0.3 is 0 Å². The molecule has 2 rings (SSSR count). The van der Waals surface area contributed by atoms with E-state index in [0.717, 1.165) is 10.9 Å². The average molecular weight is 207 g/mol. The molecule has 0 saturated heterocycles. The van der Waals surface area contributed by atoms with Gasteiger partial charge in [-0.25, -0.2) is 0 Å². The molecule has 2 aromatic rings. The smallest absolute Gasteiger partial charge is 0.220 e. The van der Waals surface area contributed by atoms with Gasteiger partial charge in [0.15, 0.2) is 0 Å². The van der Waals surface area contributed by atoms with Gasteiger partial charge in [-0.2, -0.15) is 0 Å². The van der Waals surface area contributed by atoms with Crippen LogP contribution < -0.4 is 4.74 Å². The van der Waals surface area contributed by atoms with Crippen molar-refractivity contribution in [1.29, 1.82) is 0 Å². The maximum Gasteiger partial charge on any atom is 0.220 e. The van der Waals surface area contributed by atoms with Crippen LogP contribution in [0.25, 0.3) is 10.9 Å². The summed E-state index contributed by atoms with van der Waals surface area (Å²) in [6.07, 6.45) is 11.5. The molecule has 0 aliphatic carbocycles. The summed E-state index contributed by atoms with van der Waals surface area (Å²) in [6.45, 7) is 0. The Bertz CT molecular complexity index is 570. The molecule has 0 N–H and O–H groups in total. The second-order valence-electron chi connectivity index (χ2n) is 3.16. The lowest BCUT2D eigenvalue weighted by Gasteiger charge is -2.09. The number of hydrogen-bond acceptors (Lipinski definition) is 2. The molecule has 2 nitrogen and oxygen atoms in total. The molecular formula is C14H9NO. The highest BCUT2D eigenvalue weighted by Crippen LogP contribution is 2.23. The highest BCUT2D eigenvalue weighted by Gasteiger charge is 2.06. The Morgan fingerprint density at radius 2 is 1.88 bits per heavy atom. The van der Waals surface area contributed by atoms with E-state index in [1.54, 1.807) is 12.3 Å². The first-order chi connectivity index (χ1) is 7.85. The van der Waals surface area contributed by atoms with E-state index in [1.807, 2.05) is 24.3 Å². The maximum absolute atomic E-state index is 5.49. The topological polar surface area (TPSA) is 22.1 Å². The van der Waals surface area contributed by atoms with Crippen molar-refractivity contribution >= 4 is 10.9 Å². The van der Waals surface area contributed by atoms with Crippen molar-refractivity contribution in [2.45, 2.75) is 6.10 Å². The van der Waals surface area contributed by atoms with Gasteiger partial charge in [-0.3, -0.25) is 4.98 Å². The quantitative estimate of drug-likeness (QED) is 0.704. The largest absolute Gasteiger partial charge is 0.464 e. The predicted octanol–water partition coefficient (Wildman–Crippen LogP) is 2.25. The Morgan fingerprint density at radius 3 is 2.62 bits per heavy atom. The Hall–Kier alpha value is -2.45. The molecule has 0 atom stereocenters. The second kappa shape index (κ2) is 4.38. The molecule has 0 unspecified atom stereocenters. The molecule has 0 aliphatic rings. The molecule has 0 bridgehead atoms. The number of pyridine rings is 1. The van der Waals surface area contributed by atoms with Crippen molar-refractivity contribution in [3.8, 4) is 30.4 Å². The fourth-order valence-corrected chi connectivity index (χ4v) is 1.41. The number of aromatic nitrogens is 1. The number of rotatable bonds is 2. The van der Waals surface area contributed by atoms with Gasteiger partial charge in [0.25, 0.3) is 0 Å². The SMILES string of the molecule is C#CC(C#C)Oc1cccc2cccnc12. The van der Waals surface area contributed by atoms with Crippen LogP contribution in [0.3, 0.4) is 0 Å². The van der Waals surface area contributed by atoms with E-state index in [2.05, 4.69) is 16.8 Å². The fourth-order valence-electron chi connectivity index (χ4n) is 1.41. The lowest BCUT2D eigenvalue weighted by atomic mass is 10.2. The van der Waals surface area contributed by atoms with Gasteiger partial charge in [-0.05, 0) is 24.0 Å². The highest BCUT2D eigenvalue weighted by atomic mass is 16.5. The summed E-state index contributed by atoms with van der Waals surface area (Å²) in [5.41, 5.74) is 0.764. The van der Waals surface area contributed by atoms with Crippen LogP contribution in [0.15, 0.2) is 36.5 Å². The van der Waals surface area contributed by atoms with Crippen LogP contribution >= 0.6 is 0 Å². The first-order valence-electron chi connectivity index (χ1n) is 4.78. The minimum atomic E-state index is -0.660. The molecular weight excluding hydrogens is 198 g/mol. The number of fused-ring (bicyclic) bond motifs is 1. The summed E-state index contributed by atoms with van der Waals surface area (Å²) in [5, 5.41) is 0.993. The van der Waals surface area contributed by atoms with Crippen LogP contribution in [0.5, 0.6) is 5.75 Å². The molecule has 0 radical (unpaired) electrons. The fraction of sp³-hybridized carbons (Fsp3) is 0.0714. The Balaban J connectivity index is 2.46. The van der Waals surface area contributed by atoms with Gasteiger partial charge < -0.3 is 4.74 Å². The van der Waals surface area contributed by atoms with E-state index >= 15 is 0 Å². The summed E-state index contributed by atoms with van der Waals surface area (Å²) in [6, 6.07) is 9.46. The van der Waals surface area contributed by atoms with Crippen molar-refractivity contribution < 1.29 is 4.74 Å². The third-order valence-electron chi connectivity index (χ3n) is 2.14. The number of para-hydroxylation sites is 1. The summed E-state index contributed by atoms with van der Waals surface area (Å²) >= 11 is 0. The molecule has 0 saturated carbocycles. The second-order valence-corrected chi connectivity index (χ2v) is 3.16. The lowest BCUT2D eigenvalue weighted by Crippen LogP contribution is -2.11. The van der Waals surface area contributed by atoms with Crippen LogP contribution in [-0.4, -0.2) is 11.1 Å². The molecule has 0 fully saturated rings. The number of ether oxygens (including phenoxy) is 1. The van der Waals surface area contributed by atoms with E-state index in [1.165, 1.54) is 0 Å². The van der Waals surface area contributed by atoms with Gasteiger partial charge in [-0.15, -0.1) is 12.8 Å². The zero-order valence-corrected chi connectivity index (χ0v) is 8.55. The summed E-state index contributed by atoms with van der Waals surface area (Å²) in [5.74, 6) is 5.37. The van der Waals surface area contributed by atoms with Gasteiger partial charge in [0, 0.05) is 11.6 Å². The number of terminal acetylenes is 2. The Labute approximate surface area is 94.3 Å². The molecule has 0 amide bonds. The Morgan fingerprint density at radius 1 is 1.12 bits per heavy atom. The van der Waals surface area contributed by atoms with Crippen LogP contribution in [0.2, 0.25) is 0 Å². The van der Waals surface area contributed by atoms with Gasteiger partial charge in [0.2, 0.25) is 6.10 Å². The Kier molecular flexibility index (Phi) is 2.76. The minimum Gasteiger partial charge on any atom is -0.464 e. The lowest BCUT2D eigenvalue weighted by molar-refractivity contribution is 0.317. The zero-order valence-electron chi connectivity index (χ0n) is 8.55. The molecule has 2 heteroatoms. The monoisotopic (exact) mass is 207 g/mol.